The van der Waals surface area contributed by atoms with E-state index in [-0.39, 0.29) is 23.1 Å². The first kappa shape index (κ1) is 27.5. The molecule has 0 amide bonds. The van der Waals surface area contributed by atoms with Gasteiger partial charge in [-0.2, -0.15) is 0 Å². The Morgan fingerprint density at radius 3 is 2.77 bits per heavy atom. The quantitative estimate of drug-likeness (QED) is 0.269. The third kappa shape index (κ3) is 5.65. The van der Waals surface area contributed by atoms with Gasteiger partial charge in [0.15, 0.2) is 0 Å². The highest BCUT2D eigenvalue weighted by Crippen LogP contribution is 2.41. The second kappa shape index (κ2) is 11.6. The molecule has 0 unspecified atom stereocenters. The summed E-state index contributed by atoms with van der Waals surface area (Å²) in [4.78, 5) is 33.8. The van der Waals surface area contributed by atoms with Crippen LogP contribution in [-0.2, 0) is 11.3 Å². The molecular formula is C28H32ClN7O2S. The van der Waals surface area contributed by atoms with Crippen molar-refractivity contribution in [3.05, 3.63) is 75.2 Å². The zero-order chi connectivity index (χ0) is 27.6. The summed E-state index contributed by atoms with van der Waals surface area (Å²) in [6.45, 7) is 10.6. The fourth-order valence-electron chi connectivity index (χ4n) is 5.23. The number of nitrogens with two attached hydrogens (primary N) is 1. The molecule has 1 aromatic carbocycles. The Balaban J connectivity index is 1.32. The van der Waals surface area contributed by atoms with Crippen molar-refractivity contribution in [2.45, 2.75) is 50.3 Å². The maximum Gasteiger partial charge on any atom is 0.263 e. The summed E-state index contributed by atoms with van der Waals surface area (Å²) in [5.41, 5.74) is 7.58. The number of fused-ring (bicyclic) bond motifs is 1. The van der Waals surface area contributed by atoms with Crippen LogP contribution in [0.2, 0.25) is 5.02 Å². The molecule has 5 rings (SSSR count). The van der Waals surface area contributed by atoms with Crippen LogP contribution in [-0.4, -0.2) is 63.8 Å². The average Bonchev–Trinajstić information content (AvgIpc) is 3.22. The Hall–Kier alpha value is -3.05. The lowest BCUT2D eigenvalue weighted by Gasteiger charge is -2.41. The third-order valence-electron chi connectivity index (χ3n) is 7.75. The number of aliphatic imine (C=N–C) groups is 2. The third-order valence-corrected chi connectivity index (χ3v) is 9.26. The molecule has 39 heavy (non-hydrogen) atoms. The molecule has 9 nitrogen and oxygen atoms in total. The Kier molecular flexibility index (Phi) is 8.18. The molecule has 2 N–H and O–H groups in total. The molecule has 4 heterocycles. The van der Waals surface area contributed by atoms with E-state index in [1.807, 2.05) is 31.2 Å². The van der Waals surface area contributed by atoms with E-state index in [4.69, 9.17) is 22.1 Å². The average molecular weight is 566 g/mol. The van der Waals surface area contributed by atoms with E-state index in [0.29, 0.717) is 32.4 Å². The van der Waals surface area contributed by atoms with Gasteiger partial charge in [0, 0.05) is 35.6 Å². The normalized spacial score (nSPS) is 21.6. The molecule has 2 aliphatic rings. The summed E-state index contributed by atoms with van der Waals surface area (Å²) >= 11 is 8.05. The molecule has 0 radical (unpaired) electrons. The van der Waals surface area contributed by atoms with Gasteiger partial charge in [-0.1, -0.05) is 29.4 Å². The number of likely N-dealkylation sites (tertiary alicyclic amines) is 1. The van der Waals surface area contributed by atoms with E-state index in [1.54, 1.807) is 18.5 Å². The second-order valence-electron chi connectivity index (χ2n) is 10.1. The number of amidine groups is 1. The number of hydrogen-bond donors (Lipinski definition) is 1. The first-order chi connectivity index (χ1) is 18.8. The Bertz CT molecular complexity index is 1480. The number of aromatic nitrogens is 3. The molecule has 0 saturated carbocycles. The summed E-state index contributed by atoms with van der Waals surface area (Å²) < 4.78 is 7.35. The Morgan fingerprint density at radius 2 is 2.10 bits per heavy atom. The fraction of sp³-hybridized carbons (Fsp3) is 0.393. The standard InChI is InChI=1S/C28H32ClN7O2S/c1-18-26(30)28(16-38-18)9-12-35(13-10-28)19(2)33-14-23(31-3)39-22-8-7-21-24(25(22)29)27(37)36(17-34-21)15-20-6-4-5-11-32-20/h4-8,11,14,17-18,26H,3,9-10,12-13,15-16,30H2,1-2H3/b23-14+,33-19+/t18-,26+/m0/s1. The molecule has 2 saturated heterocycles. The minimum atomic E-state index is -0.228. The van der Waals surface area contributed by atoms with Gasteiger partial charge >= 0.3 is 0 Å². The van der Waals surface area contributed by atoms with E-state index in [1.165, 1.54) is 22.7 Å². The predicted molar refractivity (Wildman–Crippen MR) is 158 cm³/mol. The van der Waals surface area contributed by atoms with Gasteiger partial charge in [-0.15, -0.1) is 0 Å². The van der Waals surface area contributed by atoms with E-state index in [9.17, 15) is 4.79 Å². The predicted octanol–water partition coefficient (Wildman–Crippen LogP) is 4.33. The van der Waals surface area contributed by atoms with Crippen LogP contribution in [0.4, 0.5) is 0 Å². The zero-order valence-electron chi connectivity index (χ0n) is 22.1. The van der Waals surface area contributed by atoms with E-state index >= 15 is 0 Å². The topological polar surface area (TPSA) is 111 Å². The van der Waals surface area contributed by atoms with Gasteiger partial charge in [-0.3, -0.25) is 19.3 Å². The maximum atomic E-state index is 13.3. The van der Waals surface area contributed by atoms with Gasteiger partial charge in [-0.05, 0) is 57.7 Å². The number of benzene rings is 1. The lowest BCUT2D eigenvalue weighted by atomic mass is 9.73. The van der Waals surface area contributed by atoms with Crippen LogP contribution < -0.4 is 11.3 Å². The number of halogens is 1. The Morgan fingerprint density at radius 1 is 1.31 bits per heavy atom. The molecule has 2 aliphatic heterocycles. The highest BCUT2D eigenvalue weighted by Gasteiger charge is 2.47. The van der Waals surface area contributed by atoms with Gasteiger partial charge in [0.2, 0.25) is 0 Å². The van der Waals surface area contributed by atoms with E-state index in [0.717, 1.165) is 44.1 Å². The van der Waals surface area contributed by atoms with E-state index < -0.39 is 0 Å². The van der Waals surface area contributed by atoms with Crippen LogP contribution in [0.1, 0.15) is 32.4 Å². The van der Waals surface area contributed by atoms with Crippen molar-refractivity contribution < 1.29 is 4.74 Å². The van der Waals surface area contributed by atoms with Crippen LogP contribution >= 0.6 is 23.4 Å². The minimum Gasteiger partial charge on any atom is -0.376 e. The summed E-state index contributed by atoms with van der Waals surface area (Å²) in [5.74, 6) is 0.901. The zero-order valence-corrected chi connectivity index (χ0v) is 23.7. The van der Waals surface area contributed by atoms with Crippen molar-refractivity contribution >= 4 is 46.8 Å². The number of piperidine rings is 1. The van der Waals surface area contributed by atoms with Gasteiger partial charge in [-0.25, -0.2) is 9.98 Å². The molecule has 0 bridgehead atoms. The van der Waals surface area contributed by atoms with Crippen LogP contribution in [0.15, 0.2) is 73.8 Å². The molecule has 2 fully saturated rings. The summed E-state index contributed by atoms with van der Waals surface area (Å²) in [6.07, 6.45) is 6.97. The van der Waals surface area contributed by atoms with Crippen molar-refractivity contribution in [1.29, 1.82) is 0 Å². The van der Waals surface area contributed by atoms with Crippen molar-refractivity contribution in [3.63, 3.8) is 0 Å². The molecular weight excluding hydrogens is 534 g/mol. The Labute approximate surface area is 236 Å². The molecule has 2 aromatic heterocycles. The molecule has 204 valence electrons. The number of nitrogens with zero attached hydrogens (tertiary/aromatic N) is 6. The van der Waals surface area contributed by atoms with Crippen molar-refractivity contribution in [2.75, 3.05) is 19.7 Å². The molecule has 1 spiro atoms. The van der Waals surface area contributed by atoms with Crippen molar-refractivity contribution in [1.82, 2.24) is 19.4 Å². The summed E-state index contributed by atoms with van der Waals surface area (Å²) in [6, 6.07) is 9.27. The largest absolute Gasteiger partial charge is 0.376 e. The SMILES string of the molecule is C=N/C(=C\N=C(/C)N1CCC2(CC1)CO[C@@H](C)[C@H]2N)Sc1ccc2ncn(Cc3ccccn3)c(=O)c2c1Cl. The van der Waals surface area contributed by atoms with Crippen molar-refractivity contribution in [3.8, 4) is 0 Å². The molecule has 11 heteroatoms. The van der Waals surface area contributed by atoms with Crippen LogP contribution in [0.5, 0.6) is 0 Å². The van der Waals surface area contributed by atoms with Crippen LogP contribution in [0.25, 0.3) is 10.9 Å². The number of hydrogen-bond acceptors (Lipinski definition) is 8. The van der Waals surface area contributed by atoms with Gasteiger partial charge in [0.1, 0.15) is 10.9 Å². The minimum absolute atomic E-state index is 0.0631. The number of thioether (sulfide) groups is 1. The first-order valence-electron chi connectivity index (χ1n) is 12.9. The maximum absolute atomic E-state index is 13.3. The lowest BCUT2D eigenvalue weighted by molar-refractivity contribution is 0.0838. The smallest absolute Gasteiger partial charge is 0.263 e. The number of rotatable bonds is 6. The first-order valence-corrected chi connectivity index (χ1v) is 14.1. The summed E-state index contributed by atoms with van der Waals surface area (Å²) in [5, 5.41) is 1.25. The molecule has 2 atom stereocenters. The molecule has 0 aliphatic carbocycles. The fourth-order valence-corrected chi connectivity index (χ4v) is 6.31. The lowest BCUT2D eigenvalue weighted by Crippen LogP contribution is -2.51. The van der Waals surface area contributed by atoms with Crippen LogP contribution in [0, 0.1) is 5.41 Å². The highest BCUT2D eigenvalue weighted by atomic mass is 35.5. The second-order valence-corrected chi connectivity index (χ2v) is 11.5. The van der Waals surface area contributed by atoms with E-state index in [2.05, 4.69) is 38.5 Å². The number of ether oxygens (including phenoxy) is 1. The van der Waals surface area contributed by atoms with Crippen LogP contribution in [0.3, 0.4) is 0 Å². The monoisotopic (exact) mass is 565 g/mol. The highest BCUT2D eigenvalue weighted by molar-refractivity contribution is 8.03. The molecule has 3 aromatic rings. The van der Waals surface area contributed by atoms with Gasteiger partial charge < -0.3 is 15.4 Å². The van der Waals surface area contributed by atoms with Gasteiger partial charge in [0.25, 0.3) is 5.56 Å². The number of pyridine rings is 1. The van der Waals surface area contributed by atoms with Crippen molar-refractivity contribution in [2.24, 2.45) is 21.1 Å². The summed E-state index contributed by atoms with van der Waals surface area (Å²) in [7, 11) is 0. The van der Waals surface area contributed by atoms with Gasteiger partial charge in [0.05, 0.1) is 53.4 Å².